The molecule has 0 radical (unpaired) electrons. The van der Waals surface area contributed by atoms with Crippen LogP contribution in [0, 0.1) is 0 Å². The van der Waals surface area contributed by atoms with Crippen molar-refractivity contribution in [1.29, 1.82) is 0 Å². The molecule has 2 aliphatic heterocycles. The summed E-state index contributed by atoms with van der Waals surface area (Å²) >= 11 is 0. The Kier molecular flexibility index (Phi) is 4.02. The lowest BCUT2D eigenvalue weighted by molar-refractivity contribution is -0.124. The summed E-state index contributed by atoms with van der Waals surface area (Å²) in [6.45, 7) is 4.89. The fourth-order valence-electron chi connectivity index (χ4n) is 4.47. The molecule has 5 nitrogen and oxygen atoms in total. The fraction of sp³-hybridized carbons (Fsp3) is 0.933. The summed E-state index contributed by atoms with van der Waals surface area (Å²) in [6.07, 6.45) is 6.81. The molecule has 3 aliphatic rings. The number of fused-ring (bicyclic) bond motifs is 1. The number of carbonyl (C=O) groups excluding carboxylic acids is 1. The van der Waals surface area contributed by atoms with Crippen molar-refractivity contribution >= 4 is 5.91 Å². The molecule has 1 aliphatic carbocycles. The summed E-state index contributed by atoms with van der Waals surface area (Å²) in [4.78, 5) is 17.1. The Labute approximate surface area is 121 Å². The predicted octanol–water partition coefficient (Wildman–Crippen LogP) is 0.153. The zero-order valence-electron chi connectivity index (χ0n) is 12.6. The van der Waals surface area contributed by atoms with E-state index in [1.807, 2.05) is 7.05 Å². The first-order chi connectivity index (χ1) is 9.64. The second-order valence-corrected chi connectivity index (χ2v) is 6.77. The normalized spacial score (nSPS) is 39.6. The first-order valence-corrected chi connectivity index (χ1v) is 8.11. The number of carbonyl (C=O) groups is 1. The van der Waals surface area contributed by atoms with E-state index in [2.05, 4.69) is 15.1 Å². The van der Waals surface area contributed by atoms with Gasteiger partial charge in [-0.3, -0.25) is 14.6 Å². The Morgan fingerprint density at radius 3 is 2.60 bits per heavy atom. The van der Waals surface area contributed by atoms with Crippen LogP contribution in [0.2, 0.25) is 0 Å². The van der Waals surface area contributed by atoms with Crippen molar-refractivity contribution in [2.75, 3.05) is 33.2 Å². The summed E-state index contributed by atoms with van der Waals surface area (Å²) in [7, 11) is 1.87. The van der Waals surface area contributed by atoms with Gasteiger partial charge in [0.05, 0.1) is 5.54 Å². The zero-order valence-corrected chi connectivity index (χ0v) is 12.6. The third-order valence-electron chi connectivity index (χ3n) is 5.79. The number of nitrogens with one attached hydrogen (secondary N) is 1. The topological polar surface area (TPSA) is 61.6 Å². The second kappa shape index (κ2) is 5.62. The number of primary amides is 1. The smallest absolute Gasteiger partial charge is 0.237 e. The van der Waals surface area contributed by atoms with E-state index in [1.165, 1.54) is 45.4 Å². The fourth-order valence-corrected chi connectivity index (χ4v) is 4.47. The van der Waals surface area contributed by atoms with Gasteiger partial charge in [0.2, 0.25) is 5.91 Å². The van der Waals surface area contributed by atoms with Crippen molar-refractivity contribution in [3.05, 3.63) is 0 Å². The average Bonchev–Trinajstić information content (AvgIpc) is 3.02. The van der Waals surface area contributed by atoms with Gasteiger partial charge in [0.25, 0.3) is 0 Å². The highest BCUT2D eigenvalue weighted by Crippen LogP contribution is 2.34. The maximum Gasteiger partial charge on any atom is 0.237 e. The maximum absolute atomic E-state index is 11.8. The standard InChI is InChI=1S/C15H28N4O/c1-17-15(14(16)20)6-5-12(10-15)19-9-3-8-18-7-2-4-13(18)11-19/h12-13,17H,2-11H2,1H3,(H2,16,20). The minimum Gasteiger partial charge on any atom is -0.368 e. The minimum absolute atomic E-state index is 0.181. The number of hydrogen-bond acceptors (Lipinski definition) is 4. The number of nitrogens with zero attached hydrogens (tertiary/aromatic N) is 2. The number of amides is 1. The molecule has 1 saturated carbocycles. The summed E-state index contributed by atoms with van der Waals surface area (Å²) in [5, 5.41) is 3.20. The monoisotopic (exact) mass is 280 g/mol. The summed E-state index contributed by atoms with van der Waals surface area (Å²) in [6, 6.07) is 1.27. The molecule has 5 heteroatoms. The van der Waals surface area contributed by atoms with Crippen LogP contribution in [0.4, 0.5) is 0 Å². The molecule has 3 fully saturated rings. The molecular formula is C15H28N4O. The van der Waals surface area contributed by atoms with Crippen LogP contribution < -0.4 is 11.1 Å². The first-order valence-electron chi connectivity index (χ1n) is 8.11. The SMILES string of the molecule is CNC1(C(N)=O)CCC(N2CCCN3CCCC3C2)C1. The van der Waals surface area contributed by atoms with Gasteiger partial charge in [-0.25, -0.2) is 0 Å². The molecule has 3 rings (SSSR count). The van der Waals surface area contributed by atoms with Crippen LogP contribution in [-0.2, 0) is 4.79 Å². The molecule has 3 unspecified atom stereocenters. The average molecular weight is 280 g/mol. The predicted molar refractivity (Wildman–Crippen MR) is 79.4 cm³/mol. The second-order valence-electron chi connectivity index (χ2n) is 6.77. The van der Waals surface area contributed by atoms with Crippen molar-refractivity contribution in [2.24, 2.45) is 5.73 Å². The van der Waals surface area contributed by atoms with Crippen LogP contribution >= 0.6 is 0 Å². The summed E-state index contributed by atoms with van der Waals surface area (Å²) in [5.41, 5.74) is 5.16. The Balaban J connectivity index is 1.66. The maximum atomic E-state index is 11.8. The molecule has 0 aromatic carbocycles. The van der Waals surface area contributed by atoms with E-state index < -0.39 is 5.54 Å². The number of likely N-dealkylation sites (N-methyl/N-ethyl adjacent to an activating group) is 1. The Hall–Kier alpha value is -0.650. The van der Waals surface area contributed by atoms with E-state index in [1.54, 1.807) is 0 Å². The van der Waals surface area contributed by atoms with Gasteiger partial charge in [-0.05, 0) is 65.2 Å². The highest BCUT2D eigenvalue weighted by atomic mass is 16.1. The molecule has 20 heavy (non-hydrogen) atoms. The lowest BCUT2D eigenvalue weighted by Crippen LogP contribution is -2.53. The number of nitrogens with two attached hydrogens (primary N) is 1. The van der Waals surface area contributed by atoms with Gasteiger partial charge in [0, 0.05) is 18.6 Å². The number of rotatable bonds is 3. The Bertz CT molecular complexity index is 375. The Morgan fingerprint density at radius 2 is 1.90 bits per heavy atom. The van der Waals surface area contributed by atoms with Crippen molar-refractivity contribution in [2.45, 2.75) is 56.1 Å². The summed E-state index contributed by atoms with van der Waals surface area (Å²) in [5.74, 6) is -0.181. The minimum atomic E-state index is -0.466. The number of hydrogen-bond donors (Lipinski definition) is 2. The lowest BCUT2D eigenvalue weighted by Gasteiger charge is -2.32. The van der Waals surface area contributed by atoms with Crippen molar-refractivity contribution in [1.82, 2.24) is 15.1 Å². The van der Waals surface area contributed by atoms with Crippen LogP contribution in [0.3, 0.4) is 0 Å². The van der Waals surface area contributed by atoms with E-state index in [4.69, 9.17) is 5.73 Å². The van der Waals surface area contributed by atoms with Gasteiger partial charge in [-0.2, -0.15) is 0 Å². The molecule has 3 N–H and O–H groups in total. The van der Waals surface area contributed by atoms with E-state index in [9.17, 15) is 4.79 Å². The zero-order chi connectivity index (χ0) is 14.2. The highest BCUT2D eigenvalue weighted by Gasteiger charge is 2.45. The van der Waals surface area contributed by atoms with Gasteiger partial charge >= 0.3 is 0 Å². The van der Waals surface area contributed by atoms with Crippen LogP contribution in [-0.4, -0.2) is 66.6 Å². The van der Waals surface area contributed by atoms with Gasteiger partial charge in [-0.1, -0.05) is 0 Å². The van der Waals surface area contributed by atoms with Crippen LogP contribution in [0.15, 0.2) is 0 Å². The molecule has 3 atom stereocenters. The van der Waals surface area contributed by atoms with E-state index >= 15 is 0 Å². The van der Waals surface area contributed by atoms with Gasteiger partial charge in [0.1, 0.15) is 0 Å². The quantitative estimate of drug-likeness (QED) is 0.773. The molecule has 2 heterocycles. The molecule has 0 spiro atoms. The van der Waals surface area contributed by atoms with Gasteiger partial charge < -0.3 is 11.1 Å². The van der Waals surface area contributed by atoms with Crippen molar-refractivity contribution in [3.63, 3.8) is 0 Å². The van der Waals surface area contributed by atoms with Crippen LogP contribution in [0.1, 0.15) is 38.5 Å². The molecule has 0 aromatic heterocycles. The Morgan fingerprint density at radius 1 is 1.15 bits per heavy atom. The molecule has 114 valence electrons. The van der Waals surface area contributed by atoms with E-state index in [0.29, 0.717) is 6.04 Å². The van der Waals surface area contributed by atoms with E-state index in [-0.39, 0.29) is 5.91 Å². The molecule has 1 amide bonds. The third kappa shape index (κ3) is 2.47. The van der Waals surface area contributed by atoms with Gasteiger partial charge in [-0.15, -0.1) is 0 Å². The van der Waals surface area contributed by atoms with Gasteiger partial charge in [0.15, 0.2) is 0 Å². The largest absolute Gasteiger partial charge is 0.368 e. The summed E-state index contributed by atoms with van der Waals surface area (Å²) < 4.78 is 0. The highest BCUT2D eigenvalue weighted by molar-refractivity contribution is 5.85. The van der Waals surface area contributed by atoms with Crippen molar-refractivity contribution < 1.29 is 4.79 Å². The first kappa shape index (κ1) is 14.3. The third-order valence-corrected chi connectivity index (χ3v) is 5.79. The molecule has 2 saturated heterocycles. The van der Waals surface area contributed by atoms with Crippen molar-refractivity contribution in [3.8, 4) is 0 Å². The van der Waals surface area contributed by atoms with Crippen LogP contribution in [0.5, 0.6) is 0 Å². The molecule has 0 aromatic rings. The van der Waals surface area contributed by atoms with Crippen LogP contribution in [0.25, 0.3) is 0 Å². The van der Waals surface area contributed by atoms with E-state index in [0.717, 1.165) is 25.3 Å². The lowest BCUT2D eigenvalue weighted by atomic mass is 9.96. The molecular weight excluding hydrogens is 252 g/mol. The molecule has 0 bridgehead atoms.